The lowest BCUT2D eigenvalue weighted by atomic mass is 10.2. The molecule has 1 aromatic carbocycles. The number of hydrogen-bond donors (Lipinski definition) is 2. The summed E-state index contributed by atoms with van der Waals surface area (Å²) in [6.45, 7) is 7.92. The van der Waals surface area contributed by atoms with Crippen molar-refractivity contribution in [1.29, 1.82) is 0 Å². The highest BCUT2D eigenvalue weighted by Crippen LogP contribution is 2.08. The smallest absolute Gasteiger partial charge is 0.309 e. The normalized spacial score (nSPS) is 10.5. The Balaban J connectivity index is 2.22. The van der Waals surface area contributed by atoms with Gasteiger partial charge in [0.05, 0.1) is 0 Å². The molecule has 2 N–H and O–H groups in total. The van der Waals surface area contributed by atoms with E-state index in [0.717, 1.165) is 31.6 Å². The van der Waals surface area contributed by atoms with Gasteiger partial charge in [-0.25, -0.2) is 0 Å². The highest BCUT2D eigenvalue weighted by Gasteiger charge is 2.12. The van der Waals surface area contributed by atoms with Crippen molar-refractivity contribution in [2.24, 2.45) is 0 Å². The first-order valence-corrected chi connectivity index (χ1v) is 7.97. The molecule has 0 aromatic heterocycles. The highest BCUT2D eigenvalue weighted by atomic mass is 35.5. The molecule has 122 valence electrons. The van der Waals surface area contributed by atoms with Gasteiger partial charge in [0.1, 0.15) is 0 Å². The largest absolute Gasteiger partial charge is 0.348 e. The molecule has 0 atom stereocenters. The second-order valence-electron chi connectivity index (χ2n) is 4.95. The third kappa shape index (κ3) is 6.91. The van der Waals surface area contributed by atoms with Crippen LogP contribution in [-0.4, -0.2) is 42.9 Å². The van der Waals surface area contributed by atoms with Crippen molar-refractivity contribution in [3.05, 3.63) is 34.9 Å². The SMILES string of the molecule is CCN(CC)CCCNC(=O)C(=O)NCc1ccc(Cl)cc1. The van der Waals surface area contributed by atoms with Crippen LogP contribution in [0.5, 0.6) is 0 Å². The molecule has 6 heteroatoms. The third-order valence-corrected chi connectivity index (χ3v) is 3.66. The molecule has 0 unspecified atom stereocenters. The molecular weight excluding hydrogens is 302 g/mol. The number of benzene rings is 1. The summed E-state index contributed by atoms with van der Waals surface area (Å²) in [5.41, 5.74) is 0.895. The van der Waals surface area contributed by atoms with E-state index in [2.05, 4.69) is 29.4 Å². The third-order valence-electron chi connectivity index (χ3n) is 3.40. The van der Waals surface area contributed by atoms with Crippen molar-refractivity contribution in [3.63, 3.8) is 0 Å². The first kappa shape index (κ1) is 18.5. The van der Waals surface area contributed by atoms with Crippen LogP contribution in [0.25, 0.3) is 0 Å². The number of carbonyl (C=O) groups is 2. The van der Waals surface area contributed by atoms with E-state index in [1.165, 1.54) is 0 Å². The van der Waals surface area contributed by atoms with Crippen molar-refractivity contribution in [2.75, 3.05) is 26.2 Å². The molecule has 0 fully saturated rings. The average Bonchev–Trinajstić information content (AvgIpc) is 2.54. The molecule has 0 bridgehead atoms. The average molecular weight is 326 g/mol. The van der Waals surface area contributed by atoms with Crippen molar-refractivity contribution >= 4 is 23.4 Å². The molecule has 0 saturated carbocycles. The Labute approximate surface area is 137 Å². The molecule has 0 radical (unpaired) electrons. The predicted molar refractivity (Wildman–Crippen MR) is 88.7 cm³/mol. The number of hydrogen-bond acceptors (Lipinski definition) is 3. The molecule has 0 heterocycles. The second-order valence-corrected chi connectivity index (χ2v) is 5.38. The summed E-state index contributed by atoms with van der Waals surface area (Å²) in [5.74, 6) is -1.20. The van der Waals surface area contributed by atoms with Gasteiger partial charge in [0.2, 0.25) is 0 Å². The summed E-state index contributed by atoms with van der Waals surface area (Å²) in [6, 6.07) is 7.11. The van der Waals surface area contributed by atoms with Crippen LogP contribution in [0.1, 0.15) is 25.8 Å². The van der Waals surface area contributed by atoms with Gasteiger partial charge in [0.25, 0.3) is 0 Å². The minimum absolute atomic E-state index is 0.308. The van der Waals surface area contributed by atoms with Crippen LogP contribution in [0.3, 0.4) is 0 Å². The molecule has 1 aromatic rings. The molecule has 22 heavy (non-hydrogen) atoms. The fourth-order valence-corrected chi connectivity index (χ4v) is 2.12. The Morgan fingerprint density at radius 3 is 2.23 bits per heavy atom. The number of halogens is 1. The molecule has 0 spiro atoms. The summed E-state index contributed by atoms with van der Waals surface area (Å²) in [7, 11) is 0. The predicted octanol–water partition coefficient (Wildman–Crippen LogP) is 1.80. The van der Waals surface area contributed by atoms with E-state index in [4.69, 9.17) is 11.6 Å². The summed E-state index contributed by atoms with van der Waals surface area (Å²) < 4.78 is 0. The van der Waals surface area contributed by atoms with Gasteiger partial charge in [-0.3, -0.25) is 9.59 Å². The number of nitrogens with zero attached hydrogens (tertiary/aromatic N) is 1. The van der Waals surface area contributed by atoms with Crippen LogP contribution < -0.4 is 10.6 Å². The lowest BCUT2D eigenvalue weighted by Crippen LogP contribution is -2.40. The zero-order valence-corrected chi connectivity index (χ0v) is 13.9. The van der Waals surface area contributed by atoms with E-state index < -0.39 is 11.8 Å². The Morgan fingerprint density at radius 1 is 1.05 bits per heavy atom. The maximum absolute atomic E-state index is 11.7. The summed E-state index contributed by atoms with van der Waals surface area (Å²) >= 11 is 5.78. The lowest BCUT2D eigenvalue weighted by molar-refractivity contribution is -0.139. The molecular formula is C16H24ClN3O2. The molecule has 5 nitrogen and oxygen atoms in total. The van der Waals surface area contributed by atoms with Crippen molar-refractivity contribution in [3.8, 4) is 0 Å². The first-order valence-electron chi connectivity index (χ1n) is 7.59. The van der Waals surface area contributed by atoms with Crippen LogP contribution in [0, 0.1) is 0 Å². The minimum atomic E-state index is -0.613. The van der Waals surface area contributed by atoms with Crippen molar-refractivity contribution in [1.82, 2.24) is 15.5 Å². The molecule has 2 amide bonds. The summed E-state index contributed by atoms with van der Waals surface area (Å²) in [4.78, 5) is 25.6. The minimum Gasteiger partial charge on any atom is -0.348 e. The quantitative estimate of drug-likeness (QED) is 0.566. The van der Waals surface area contributed by atoms with E-state index in [0.29, 0.717) is 18.1 Å². The van der Waals surface area contributed by atoms with Crippen LogP contribution in [0.15, 0.2) is 24.3 Å². The van der Waals surface area contributed by atoms with Crippen molar-refractivity contribution < 1.29 is 9.59 Å². The topological polar surface area (TPSA) is 61.4 Å². The van der Waals surface area contributed by atoms with Crippen LogP contribution >= 0.6 is 11.6 Å². The number of carbonyl (C=O) groups excluding carboxylic acids is 2. The van der Waals surface area contributed by atoms with E-state index in [9.17, 15) is 9.59 Å². The van der Waals surface area contributed by atoms with Gasteiger partial charge in [-0.2, -0.15) is 0 Å². The molecule has 0 aliphatic heterocycles. The van der Waals surface area contributed by atoms with E-state index in [1.54, 1.807) is 12.1 Å². The Bertz CT molecular complexity index is 473. The fraction of sp³-hybridized carbons (Fsp3) is 0.500. The van der Waals surface area contributed by atoms with E-state index in [1.807, 2.05) is 12.1 Å². The first-order chi connectivity index (χ1) is 10.6. The molecule has 0 saturated heterocycles. The van der Waals surface area contributed by atoms with Gasteiger partial charge >= 0.3 is 11.8 Å². The van der Waals surface area contributed by atoms with Gasteiger partial charge in [-0.05, 0) is 43.8 Å². The zero-order chi connectivity index (χ0) is 16.4. The fourth-order valence-electron chi connectivity index (χ4n) is 1.99. The lowest BCUT2D eigenvalue weighted by Gasteiger charge is -2.17. The van der Waals surface area contributed by atoms with Gasteiger partial charge in [0, 0.05) is 18.1 Å². The van der Waals surface area contributed by atoms with Gasteiger partial charge in [-0.1, -0.05) is 37.6 Å². The summed E-state index contributed by atoms with van der Waals surface area (Å²) in [5, 5.41) is 5.86. The van der Waals surface area contributed by atoms with E-state index in [-0.39, 0.29) is 0 Å². The standard InChI is InChI=1S/C16H24ClN3O2/c1-3-20(4-2)11-5-10-18-15(21)16(22)19-12-13-6-8-14(17)9-7-13/h6-9H,3-5,10-12H2,1-2H3,(H,18,21)(H,19,22). The van der Waals surface area contributed by atoms with Gasteiger partial charge < -0.3 is 15.5 Å². The Kier molecular flexibility index (Phi) is 8.55. The molecule has 0 aliphatic rings. The van der Waals surface area contributed by atoms with Gasteiger partial charge in [-0.15, -0.1) is 0 Å². The Hall–Kier alpha value is -1.59. The highest BCUT2D eigenvalue weighted by molar-refractivity contribution is 6.35. The second kappa shape index (κ2) is 10.2. The van der Waals surface area contributed by atoms with Gasteiger partial charge in [0.15, 0.2) is 0 Å². The van der Waals surface area contributed by atoms with Crippen LogP contribution in [0.2, 0.25) is 5.02 Å². The number of rotatable bonds is 8. The number of amides is 2. The zero-order valence-electron chi connectivity index (χ0n) is 13.2. The number of nitrogens with one attached hydrogen (secondary N) is 2. The van der Waals surface area contributed by atoms with E-state index >= 15 is 0 Å². The monoisotopic (exact) mass is 325 g/mol. The van der Waals surface area contributed by atoms with Crippen LogP contribution in [0.4, 0.5) is 0 Å². The molecule has 0 aliphatic carbocycles. The molecule has 1 rings (SSSR count). The van der Waals surface area contributed by atoms with Crippen molar-refractivity contribution in [2.45, 2.75) is 26.8 Å². The van der Waals surface area contributed by atoms with Crippen LogP contribution in [-0.2, 0) is 16.1 Å². The summed E-state index contributed by atoms with van der Waals surface area (Å²) in [6.07, 6.45) is 0.831. The Morgan fingerprint density at radius 2 is 1.64 bits per heavy atom. The maximum atomic E-state index is 11.7. The maximum Gasteiger partial charge on any atom is 0.309 e.